The van der Waals surface area contributed by atoms with Crippen LogP contribution >= 0.6 is 0 Å². The summed E-state index contributed by atoms with van der Waals surface area (Å²) in [5.74, 6) is 0.150. The van der Waals surface area contributed by atoms with Crippen LogP contribution < -0.4 is 10.7 Å². The summed E-state index contributed by atoms with van der Waals surface area (Å²) in [6, 6.07) is 2.99. The Morgan fingerprint density at radius 1 is 1.25 bits per heavy atom. The van der Waals surface area contributed by atoms with E-state index in [1.54, 1.807) is 12.4 Å². The van der Waals surface area contributed by atoms with Crippen molar-refractivity contribution in [3.63, 3.8) is 0 Å². The fourth-order valence-corrected chi connectivity index (χ4v) is 1.70. The molecule has 6 heteroatoms. The molecule has 0 fully saturated rings. The van der Waals surface area contributed by atoms with Crippen LogP contribution in [0, 0.1) is 0 Å². The van der Waals surface area contributed by atoms with Crippen LogP contribution in [0.2, 0.25) is 0 Å². The van der Waals surface area contributed by atoms with Gasteiger partial charge >= 0.3 is 0 Å². The largest absolute Gasteiger partial charge is 0.353 e. The molecule has 1 rings (SSSR count). The van der Waals surface area contributed by atoms with Gasteiger partial charge in [0.25, 0.3) is 0 Å². The van der Waals surface area contributed by atoms with Crippen LogP contribution in [0.3, 0.4) is 0 Å². The van der Waals surface area contributed by atoms with Crippen molar-refractivity contribution in [1.82, 2.24) is 9.88 Å². The fourth-order valence-electron chi connectivity index (χ4n) is 1.18. The average Bonchev–Trinajstić information content (AvgIpc) is 2.19. The molecule has 90 valence electrons. The van der Waals surface area contributed by atoms with E-state index in [0.717, 1.165) is 0 Å². The van der Waals surface area contributed by atoms with Crippen LogP contribution in [0.5, 0.6) is 0 Å². The van der Waals surface area contributed by atoms with E-state index in [2.05, 4.69) is 5.32 Å². The van der Waals surface area contributed by atoms with Crippen molar-refractivity contribution in [2.45, 2.75) is 6.54 Å². The number of sulfone groups is 1. The van der Waals surface area contributed by atoms with Gasteiger partial charge in [-0.25, -0.2) is 8.42 Å². The monoisotopic (exact) mass is 244 g/mol. The third-order valence-electron chi connectivity index (χ3n) is 2.06. The molecular formula is C10H16N2O3S. The van der Waals surface area contributed by atoms with Crippen LogP contribution in [0.25, 0.3) is 0 Å². The molecule has 0 aromatic carbocycles. The summed E-state index contributed by atoms with van der Waals surface area (Å²) in [6.45, 7) is 1.85. The maximum Gasteiger partial charge on any atom is 0.181 e. The highest BCUT2D eigenvalue weighted by molar-refractivity contribution is 7.90. The highest BCUT2D eigenvalue weighted by atomic mass is 32.2. The molecule has 0 saturated heterocycles. The van der Waals surface area contributed by atoms with Crippen LogP contribution in [0.15, 0.2) is 29.3 Å². The molecule has 1 aromatic heterocycles. The quantitative estimate of drug-likeness (QED) is 0.684. The highest BCUT2D eigenvalue weighted by Crippen LogP contribution is 1.84. The minimum atomic E-state index is -2.89. The number of aromatic nitrogens is 1. The Morgan fingerprint density at radius 2 is 1.88 bits per heavy atom. The zero-order chi connectivity index (χ0) is 12.0. The van der Waals surface area contributed by atoms with Gasteiger partial charge in [-0.15, -0.1) is 0 Å². The van der Waals surface area contributed by atoms with E-state index in [-0.39, 0.29) is 11.2 Å². The Kier molecular flexibility index (Phi) is 4.70. The molecule has 5 nitrogen and oxygen atoms in total. The van der Waals surface area contributed by atoms with Gasteiger partial charge in [-0.1, -0.05) is 0 Å². The van der Waals surface area contributed by atoms with Gasteiger partial charge in [0.1, 0.15) is 9.84 Å². The zero-order valence-corrected chi connectivity index (χ0v) is 10.0. The second-order valence-corrected chi connectivity index (χ2v) is 5.91. The highest BCUT2D eigenvalue weighted by Gasteiger charge is 1.99. The van der Waals surface area contributed by atoms with Crippen molar-refractivity contribution in [2.24, 2.45) is 0 Å². The van der Waals surface area contributed by atoms with Crippen molar-refractivity contribution in [3.8, 4) is 0 Å². The Morgan fingerprint density at radius 3 is 2.44 bits per heavy atom. The van der Waals surface area contributed by atoms with Crippen LogP contribution in [0.4, 0.5) is 0 Å². The van der Waals surface area contributed by atoms with Gasteiger partial charge < -0.3 is 9.88 Å². The van der Waals surface area contributed by atoms with Gasteiger partial charge in [-0.05, 0) is 0 Å². The smallest absolute Gasteiger partial charge is 0.181 e. The molecule has 0 unspecified atom stereocenters. The molecule has 0 aliphatic heterocycles. The van der Waals surface area contributed by atoms with Crippen LogP contribution in [-0.2, 0) is 16.4 Å². The lowest BCUT2D eigenvalue weighted by Gasteiger charge is -2.06. The fraction of sp³-hybridized carbons (Fsp3) is 0.500. The molecule has 1 aromatic rings. The lowest BCUT2D eigenvalue weighted by Crippen LogP contribution is -2.26. The lowest BCUT2D eigenvalue weighted by atomic mass is 10.4. The maximum absolute atomic E-state index is 10.8. The molecule has 0 atom stereocenters. The van der Waals surface area contributed by atoms with Gasteiger partial charge in [0, 0.05) is 50.4 Å². The minimum absolute atomic E-state index is 0.0127. The van der Waals surface area contributed by atoms with Gasteiger partial charge in [0.15, 0.2) is 5.43 Å². The van der Waals surface area contributed by atoms with Crippen LogP contribution in [0.1, 0.15) is 0 Å². The van der Waals surface area contributed by atoms with Crippen molar-refractivity contribution in [3.05, 3.63) is 34.7 Å². The van der Waals surface area contributed by atoms with Gasteiger partial charge in [0.05, 0.1) is 5.75 Å². The first kappa shape index (κ1) is 12.9. The van der Waals surface area contributed by atoms with Crippen molar-refractivity contribution in [2.75, 3.05) is 25.1 Å². The van der Waals surface area contributed by atoms with Crippen LogP contribution in [-0.4, -0.2) is 38.1 Å². The third kappa shape index (κ3) is 5.67. The molecule has 1 N–H and O–H groups in total. The number of nitrogens with zero attached hydrogens (tertiary/aromatic N) is 1. The molecule has 0 aliphatic carbocycles. The van der Waals surface area contributed by atoms with E-state index in [4.69, 9.17) is 0 Å². The van der Waals surface area contributed by atoms with Gasteiger partial charge in [-0.2, -0.15) is 0 Å². The molecule has 0 aliphatic rings. The molecule has 16 heavy (non-hydrogen) atoms. The summed E-state index contributed by atoms with van der Waals surface area (Å²) in [7, 11) is -2.89. The number of nitrogens with one attached hydrogen (secondary N) is 1. The predicted octanol–water partition coefficient (Wildman–Crippen LogP) is -0.517. The standard InChI is InChI=1S/C10H16N2O3S/c1-16(14,15)9-5-11-4-8-12-6-2-10(13)3-7-12/h2-3,6-7,11H,4-5,8-9H2,1H3. The third-order valence-corrected chi connectivity index (χ3v) is 3.00. The van der Waals surface area contributed by atoms with E-state index in [1.807, 2.05) is 4.57 Å². The predicted molar refractivity (Wildman–Crippen MR) is 63.3 cm³/mol. The zero-order valence-electron chi connectivity index (χ0n) is 9.22. The maximum atomic E-state index is 10.8. The van der Waals surface area contributed by atoms with Crippen molar-refractivity contribution in [1.29, 1.82) is 0 Å². The van der Waals surface area contributed by atoms with E-state index in [1.165, 1.54) is 18.4 Å². The molecule has 1 heterocycles. The molecule has 0 spiro atoms. The summed E-state index contributed by atoms with van der Waals surface area (Å²) in [5, 5.41) is 3.03. The Bertz CT molecular complexity index is 459. The molecular weight excluding hydrogens is 228 g/mol. The normalized spacial score (nSPS) is 11.6. The van der Waals surface area contributed by atoms with Gasteiger partial charge in [-0.3, -0.25) is 4.79 Å². The van der Waals surface area contributed by atoms with E-state index >= 15 is 0 Å². The topological polar surface area (TPSA) is 68.2 Å². The summed E-state index contributed by atoms with van der Waals surface area (Å²) in [5.41, 5.74) is -0.0127. The number of hydrogen-bond donors (Lipinski definition) is 1. The summed E-state index contributed by atoms with van der Waals surface area (Å²) >= 11 is 0. The number of rotatable bonds is 6. The molecule has 0 bridgehead atoms. The number of pyridine rings is 1. The lowest BCUT2D eigenvalue weighted by molar-refractivity contribution is 0.585. The first-order chi connectivity index (χ1) is 7.47. The van der Waals surface area contributed by atoms with E-state index < -0.39 is 9.84 Å². The SMILES string of the molecule is CS(=O)(=O)CCNCCn1ccc(=O)cc1. The second-order valence-electron chi connectivity index (χ2n) is 3.65. The summed E-state index contributed by atoms with van der Waals surface area (Å²) in [4.78, 5) is 10.8. The Labute approximate surface area is 95.0 Å². The Balaban J connectivity index is 2.21. The average molecular weight is 244 g/mol. The van der Waals surface area contributed by atoms with Crippen molar-refractivity contribution >= 4 is 9.84 Å². The molecule has 0 saturated carbocycles. The summed E-state index contributed by atoms with van der Waals surface area (Å²) in [6.07, 6.45) is 4.64. The first-order valence-corrected chi connectivity index (χ1v) is 7.08. The summed E-state index contributed by atoms with van der Waals surface area (Å²) < 4.78 is 23.5. The molecule has 0 amide bonds. The first-order valence-electron chi connectivity index (χ1n) is 5.02. The minimum Gasteiger partial charge on any atom is -0.353 e. The second kappa shape index (κ2) is 5.81. The van der Waals surface area contributed by atoms with Crippen molar-refractivity contribution < 1.29 is 8.42 Å². The Hall–Kier alpha value is -1.14. The van der Waals surface area contributed by atoms with Gasteiger partial charge in [0.2, 0.25) is 0 Å². The van der Waals surface area contributed by atoms with E-state index in [9.17, 15) is 13.2 Å². The molecule has 0 radical (unpaired) electrons. The van der Waals surface area contributed by atoms with E-state index in [0.29, 0.717) is 19.6 Å². The number of hydrogen-bond acceptors (Lipinski definition) is 4.